The summed E-state index contributed by atoms with van der Waals surface area (Å²) in [6.07, 6.45) is 1.67. The average molecular weight is 447 g/mol. The number of amides is 1. The molecule has 170 valence electrons. The minimum absolute atomic E-state index is 0.00448. The Labute approximate surface area is 183 Å². The van der Waals surface area contributed by atoms with E-state index in [2.05, 4.69) is 4.98 Å². The van der Waals surface area contributed by atoms with E-state index in [-0.39, 0.29) is 30.4 Å². The lowest BCUT2D eigenvalue weighted by Gasteiger charge is -2.42. The number of likely N-dealkylation sites (tertiary alicyclic amines) is 1. The first-order valence-corrected chi connectivity index (χ1v) is 10.5. The number of hydrogen-bond donors (Lipinski definition) is 1. The average Bonchev–Trinajstić information content (AvgIpc) is 3.41. The van der Waals surface area contributed by atoms with Gasteiger partial charge in [-0.3, -0.25) is 4.79 Å². The fourth-order valence-corrected chi connectivity index (χ4v) is 4.95. The van der Waals surface area contributed by atoms with Crippen LogP contribution >= 0.6 is 0 Å². The number of aromatic nitrogens is 2. The molecule has 0 radical (unpaired) electrons. The van der Waals surface area contributed by atoms with E-state index < -0.39 is 17.3 Å². The number of halogens is 3. The van der Waals surface area contributed by atoms with Crippen molar-refractivity contribution in [3.05, 3.63) is 48.0 Å². The number of alkyl halides is 3. The summed E-state index contributed by atoms with van der Waals surface area (Å²) in [7, 11) is 0. The van der Waals surface area contributed by atoms with E-state index in [0.29, 0.717) is 44.7 Å². The lowest BCUT2D eigenvalue weighted by atomic mass is 9.71. The van der Waals surface area contributed by atoms with Gasteiger partial charge in [0.05, 0.1) is 23.5 Å². The van der Waals surface area contributed by atoms with E-state index in [1.165, 1.54) is 12.1 Å². The maximum atomic E-state index is 13.4. The number of aliphatic hydroxyl groups excluding tert-OH is 1. The van der Waals surface area contributed by atoms with Crippen molar-refractivity contribution in [2.45, 2.75) is 25.6 Å². The molecular weight excluding hydrogens is 423 g/mol. The molecule has 1 spiro atoms. The smallest absolute Gasteiger partial charge is 0.396 e. The molecule has 4 rings (SSSR count). The van der Waals surface area contributed by atoms with Crippen LogP contribution in [0.5, 0.6) is 0 Å². The van der Waals surface area contributed by atoms with Crippen molar-refractivity contribution in [3.8, 4) is 6.07 Å². The Kier molecular flexibility index (Phi) is 5.86. The minimum atomic E-state index is -4.62. The van der Waals surface area contributed by atoms with Gasteiger partial charge in [0, 0.05) is 56.8 Å². The lowest BCUT2D eigenvalue weighted by Crippen LogP contribution is -2.47. The molecule has 0 aliphatic carbocycles. The highest BCUT2D eigenvalue weighted by molar-refractivity contribution is 5.76. The van der Waals surface area contributed by atoms with Gasteiger partial charge in [-0.2, -0.15) is 18.4 Å². The molecule has 7 nitrogen and oxygen atoms in total. The predicted molar refractivity (Wildman–Crippen MR) is 109 cm³/mol. The quantitative estimate of drug-likeness (QED) is 0.779. The van der Waals surface area contributed by atoms with Crippen LogP contribution in [-0.4, -0.2) is 58.3 Å². The number of nitriles is 1. The fraction of sp³-hybridized carbons (Fsp3) is 0.500. The highest BCUT2D eigenvalue weighted by Crippen LogP contribution is 2.46. The Balaban J connectivity index is 1.48. The SMILES string of the molecule is N#Cc1ccc(N2CC(CO)C3(CCN(C(=O)Cn4ccnc4)CC3)C2)cc1C(F)(F)F. The Bertz CT molecular complexity index is 1010. The molecule has 1 unspecified atom stereocenters. The van der Waals surface area contributed by atoms with Gasteiger partial charge >= 0.3 is 6.18 Å². The van der Waals surface area contributed by atoms with Gasteiger partial charge in [0.1, 0.15) is 6.54 Å². The largest absolute Gasteiger partial charge is 0.417 e. The minimum Gasteiger partial charge on any atom is -0.396 e. The molecule has 32 heavy (non-hydrogen) atoms. The Morgan fingerprint density at radius 1 is 1.31 bits per heavy atom. The summed E-state index contributed by atoms with van der Waals surface area (Å²) >= 11 is 0. The zero-order valence-electron chi connectivity index (χ0n) is 17.4. The molecule has 1 atom stereocenters. The maximum absolute atomic E-state index is 13.4. The number of nitrogens with zero attached hydrogens (tertiary/aromatic N) is 5. The van der Waals surface area contributed by atoms with E-state index in [1.807, 2.05) is 4.90 Å². The first-order valence-electron chi connectivity index (χ1n) is 10.5. The number of hydrogen-bond acceptors (Lipinski definition) is 5. The van der Waals surface area contributed by atoms with Crippen molar-refractivity contribution in [2.75, 3.05) is 37.7 Å². The van der Waals surface area contributed by atoms with Crippen molar-refractivity contribution in [1.82, 2.24) is 14.5 Å². The zero-order chi connectivity index (χ0) is 22.9. The number of rotatable bonds is 4. The van der Waals surface area contributed by atoms with Crippen LogP contribution in [0.1, 0.15) is 24.0 Å². The Morgan fingerprint density at radius 3 is 2.66 bits per heavy atom. The second-order valence-corrected chi connectivity index (χ2v) is 8.58. The lowest BCUT2D eigenvalue weighted by molar-refractivity contribution is -0.137. The molecular formula is C22H24F3N5O2. The fourth-order valence-electron chi connectivity index (χ4n) is 4.95. The molecule has 2 saturated heterocycles. The summed E-state index contributed by atoms with van der Waals surface area (Å²) in [6.45, 7) is 2.17. The second-order valence-electron chi connectivity index (χ2n) is 8.58. The normalized spacial score (nSPS) is 20.5. The maximum Gasteiger partial charge on any atom is 0.417 e. The number of carbonyl (C=O) groups is 1. The van der Waals surface area contributed by atoms with Crippen LogP contribution < -0.4 is 4.90 Å². The molecule has 2 aromatic rings. The third-order valence-corrected chi connectivity index (χ3v) is 6.82. The molecule has 10 heteroatoms. The summed E-state index contributed by atoms with van der Waals surface area (Å²) in [5.74, 6) is -0.103. The monoisotopic (exact) mass is 447 g/mol. The number of piperidine rings is 1. The highest BCUT2D eigenvalue weighted by Gasteiger charge is 2.48. The first kappa shape index (κ1) is 22.1. The van der Waals surface area contributed by atoms with Gasteiger partial charge in [0.2, 0.25) is 5.91 Å². The van der Waals surface area contributed by atoms with Crippen LogP contribution in [0, 0.1) is 22.7 Å². The van der Waals surface area contributed by atoms with Crippen LogP contribution in [0.3, 0.4) is 0 Å². The highest BCUT2D eigenvalue weighted by atomic mass is 19.4. The van der Waals surface area contributed by atoms with E-state index in [1.54, 1.807) is 34.3 Å². The molecule has 0 bridgehead atoms. The van der Waals surface area contributed by atoms with Crippen molar-refractivity contribution in [3.63, 3.8) is 0 Å². The summed E-state index contributed by atoms with van der Waals surface area (Å²) in [5, 5.41) is 19.1. The number of aliphatic hydroxyl groups is 1. The van der Waals surface area contributed by atoms with Gasteiger partial charge in [0.15, 0.2) is 0 Å². The van der Waals surface area contributed by atoms with Crippen LogP contribution in [0.2, 0.25) is 0 Å². The van der Waals surface area contributed by atoms with Gasteiger partial charge < -0.3 is 19.5 Å². The van der Waals surface area contributed by atoms with Crippen LogP contribution in [-0.2, 0) is 17.5 Å². The standard InChI is InChI=1S/C22H24F3N5O2/c23-22(24,25)19-9-18(2-1-16(19)10-26)30-11-17(13-31)21(14-30)3-6-29(7-4-21)20(32)12-28-8-5-27-15-28/h1-2,5,8-9,15,17,31H,3-4,6-7,11-14H2. The summed E-state index contributed by atoms with van der Waals surface area (Å²) in [6, 6.07) is 5.37. The number of anilines is 1. The van der Waals surface area contributed by atoms with E-state index in [9.17, 15) is 23.1 Å². The molecule has 0 saturated carbocycles. The van der Waals surface area contributed by atoms with Crippen LogP contribution in [0.15, 0.2) is 36.9 Å². The van der Waals surface area contributed by atoms with Crippen LogP contribution in [0.4, 0.5) is 18.9 Å². The van der Waals surface area contributed by atoms with Gasteiger partial charge in [-0.05, 0) is 36.5 Å². The Morgan fingerprint density at radius 2 is 2.06 bits per heavy atom. The molecule has 1 aromatic carbocycles. The van der Waals surface area contributed by atoms with Gasteiger partial charge in [-0.1, -0.05) is 0 Å². The van der Waals surface area contributed by atoms with Crippen molar-refractivity contribution < 1.29 is 23.1 Å². The molecule has 1 amide bonds. The molecule has 2 aliphatic rings. The summed E-state index contributed by atoms with van der Waals surface area (Å²) in [5.41, 5.74) is -1.23. The van der Waals surface area contributed by atoms with E-state index >= 15 is 0 Å². The van der Waals surface area contributed by atoms with Crippen LogP contribution in [0.25, 0.3) is 0 Å². The topological polar surface area (TPSA) is 85.4 Å². The predicted octanol–water partition coefficient (Wildman–Crippen LogP) is 2.51. The number of imidazole rings is 1. The van der Waals surface area contributed by atoms with E-state index in [4.69, 9.17) is 5.26 Å². The molecule has 2 fully saturated rings. The first-order chi connectivity index (χ1) is 15.3. The zero-order valence-corrected chi connectivity index (χ0v) is 17.4. The number of carbonyl (C=O) groups excluding carboxylic acids is 1. The second kappa shape index (κ2) is 8.47. The molecule has 1 aromatic heterocycles. The van der Waals surface area contributed by atoms with E-state index in [0.717, 1.165) is 6.07 Å². The van der Waals surface area contributed by atoms with Crippen molar-refractivity contribution in [2.24, 2.45) is 11.3 Å². The Hall–Kier alpha value is -3.06. The van der Waals surface area contributed by atoms with Gasteiger partial charge in [-0.25, -0.2) is 4.98 Å². The molecule has 3 heterocycles. The van der Waals surface area contributed by atoms with Crippen molar-refractivity contribution in [1.29, 1.82) is 5.26 Å². The summed E-state index contributed by atoms with van der Waals surface area (Å²) < 4.78 is 41.9. The molecule has 2 aliphatic heterocycles. The van der Waals surface area contributed by atoms with Crippen molar-refractivity contribution >= 4 is 11.6 Å². The molecule has 1 N–H and O–H groups in total. The van der Waals surface area contributed by atoms with Gasteiger partial charge in [-0.15, -0.1) is 0 Å². The van der Waals surface area contributed by atoms with Gasteiger partial charge in [0.25, 0.3) is 0 Å². The number of benzene rings is 1. The third-order valence-electron chi connectivity index (χ3n) is 6.82. The summed E-state index contributed by atoms with van der Waals surface area (Å²) in [4.78, 5) is 20.2. The third kappa shape index (κ3) is 4.17.